The van der Waals surface area contributed by atoms with Gasteiger partial charge in [0.05, 0.1) is 25.2 Å². The Labute approximate surface area is 101 Å². The second-order valence-corrected chi connectivity index (χ2v) is 5.60. The van der Waals surface area contributed by atoms with Gasteiger partial charge in [0.2, 0.25) is 0 Å². The number of aliphatic hydroxyl groups is 1. The summed E-state index contributed by atoms with van der Waals surface area (Å²) < 4.78 is 11.8. The lowest BCUT2D eigenvalue weighted by molar-refractivity contribution is -0.288. The molecule has 0 radical (unpaired) electrons. The van der Waals surface area contributed by atoms with Gasteiger partial charge in [-0.05, 0) is 25.2 Å². The van der Waals surface area contributed by atoms with Gasteiger partial charge in [-0.3, -0.25) is 4.79 Å². The summed E-state index contributed by atoms with van der Waals surface area (Å²) in [5.74, 6) is -0.0412. The van der Waals surface area contributed by atoms with Crippen LogP contribution in [0.4, 0.5) is 0 Å². The van der Waals surface area contributed by atoms with Gasteiger partial charge < -0.3 is 14.6 Å². The highest BCUT2D eigenvalue weighted by Crippen LogP contribution is 2.57. The van der Waals surface area contributed by atoms with Gasteiger partial charge in [-0.25, -0.2) is 0 Å². The molecule has 2 atom stereocenters. The van der Waals surface area contributed by atoms with E-state index in [2.05, 4.69) is 0 Å². The van der Waals surface area contributed by atoms with Crippen molar-refractivity contribution >= 4 is 5.78 Å². The average Bonchev–Trinajstić information content (AvgIpc) is 2.79. The Hall–Kier alpha value is -0.450. The zero-order chi connectivity index (χ0) is 11.9. The maximum Gasteiger partial charge on any atom is 0.176 e. The van der Waals surface area contributed by atoms with Crippen molar-refractivity contribution in [3.05, 3.63) is 0 Å². The van der Waals surface area contributed by atoms with Crippen molar-refractivity contribution in [3.63, 3.8) is 0 Å². The van der Waals surface area contributed by atoms with Crippen molar-refractivity contribution in [2.24, 2.45) is 11.3 Å². The molecule has 1 spiro atoms. The van der Waals surface area contributed by atoms with E-state index in [9.17, 15) is 9.90 Å². The molecular formula is C13H20O4. The SMILES string of the molecule is O=C1CC[C@@]2(CO)[C@@H](CCCC23OCCO3)C1. The zero-order valence-electron chi connectivity index (χ0n) is 10.1. The van der Waals surface area contributed by atoms with Crippen LogP contribution >= 0.6 is 0 Å². The summed E-state index contributed by atoms with van der Waals surface area (Å²) in [6, 6.07) is 0. The summed E-state index contributed by atoms with van der Waals surface area (Å²) in [5.41, 5.74) is -0.338. The minimum absolute atomic E-state index is 0.0744. The van der Waals surface area contributed by atoms with Crippen LogP contribution in [0.1, 0.15) is 38.5 Å². The smallest absolute Gasteiger partial charge is 0.176 e. The van der Waals surface area contributed by atoms with Gasteiger partial charge >= 0.3 is 0 Å². The lowest BCUT2D eigenvalue weighted by Gasteiger charge is -2.55. The van der Waals surface area contributed by atoms with Crippen molar-refractivity contribution in [1.82, 2.24) is 0 Å². The predicted octanol–water partition coefficient (Wildman–Crippen LogP) is 1.26. The van der Waals surface area contributed by atoms with Crippen LogP contribution in [-0.2, 0) is 14.3 Å². The fourth-order valence-corrected chi connectivity index (χ4v) is 4.06. The molecule has 1 heterocycles. The van der Waals surface area contributed by atoms with Gasteiger partial charge in [0.15, 0.2) is 5.79 Å². The number of fused-ring (bicyclic) bond motifs is 2. The van der Waals surface area contributed by atoms with E-state index in [0.29, 0.717) is 38.3 Å². The van der Waals surface area contributed by atoms with Crippen LogP contribution in [-0.4, -0.2) is 36.5 Å². The third-order valence-electron chi connectivity index (χ3n) is 4.96. The molecule has 2 aliphatic carbocycles. The molecule has 2 saturated carbocycles. The quantitative estimate of drug-likeness (QED) is 0.749. The highest BCUT2D eigenvalue weighted by atomic mass is 16.7. The first kappa shape index (κ1) is 11.6. The molecule has 1 aliphatic heterocycles. The second kappa shape index (κ2) is 4.04. The van der Waals surface area contributed by atoms with Crippen LogP contribution in [0.25, 0.3) is 0 Å². The molecule has 3 aliphatic rings. The lowest BCUT2D eigenvalue weighted by Crippen LogP contribution is -2.60. The molecule has 4 heteroatoms. The maximum absolute atomic E-state index is 11.6. The molecule has 3 fully saturated rings. The summed E-state index contributed by atoms with van der Waals surface area (Å²) in [6.45, 7) is 1.30. The number of hydrogen-bond acceptors (Lipinski definition) is 4. The average molecular weight is 240 g/mol. The van der Waals surface area contributed by atoms with Gasteiger partial charge in [-0.15, -0.1) is 0 Å². The highest BCUT2D eigenvalue weighted by Gasteiger charge is 2.62. The molecule has 3 rings (SSSR count). The number of ether oxygens (including phenoxy) is 2. The van der Waals surface area contributed by atoms with Crippen LogP contribution in [0, 0.1) is 11.3 Å². The lowest BCUT2D eigenvalue weighted by atomic mass is 9.56. The monoisotopic (exact) mass is 240 g/mol. The first-order chi connectivity index (χ1) is 8.22. The van der Waals surface area contributed by atoms with Crippen LogP contribution in [0.5, 0.6) is 0 Å². The zero-order valence-corrected chi connectivity index (χ0v) is 10.1. The summed E-state index contributed by atoms with van der Waals surface area (Å²) in [4.78, 5) is 11.6. The van der Waals surface area contributed by atoms with Crippen LogP contribution < -0.4 is 0 Å². The van der Waals surface area contributed by atoms with E-state index < -0.39 is 5.79 Å². The minimum atomic E-state index is -0.606. The number of ketones is 1. The number of carbonyl (C=O) groups excluding carboxylic acids is 1. The molecule has 96 valence electrons. The molecule has 0 aromatic rings. The third kappa shape index (κ3) is 1.51. The van der Waals surface area contributed by atoms with Crippen LogP contribution in [0.3, 0.4) is 0 Å². The highest BCUT2D eigenvalue weighted by molar-refractivity contribution is 5.79. The first-order valence-corrected chi connectivity index (χ1v) is 6.63. The molecule has 0 aromatic carbocycles. The Bertz CT molecular complexity index is 321. The normalized spacial score (nSPS) is 40.5. The number of Topliss-reactive ketones (excluding diaryl/α,β-unsaturated/α-hetero) is 1. The van der Waals surface area contributed by atoms with E-state index in [4.69, 9.17) is 9.47 Å². The van der Waals surface area contributed by atoms with Crippen molar-refractivity contribution in [2.45, 2.75) is 44.3 Å². The van der Waals surface area contributed by atoms with Gasteiger partial charge in [-0.1, -0.05) is 0 Å². The van der Waals surface area contributed by atoms with E-state index >= 15 is 0 Å². The van der Waals surface area contributed by atoms with Gasteiger partial charge in [0.1, 0.15) is 5.78 Å². The van der Waals surface area contributed by atoms with Gasteiger partial charge in [0.25, 0.3) is 0 Å². The molecule has 4 nitrogen and oxygen atoms in total. The van der Waals surface area contributed by atoms with Gasteiger partial charge in [0, 0.05) is 19.3 Å². The molecular weight excluding hydrogens is 220 g/mol. The fraction of sp³-hybridized carbons (Fsp3) is 0.923. The van der Waals surface area contributed by atoms with E-state index in [1.54, 1.807) is 0 Å². The van der Waals surface area contributed by atoms with Crippen LogP contribution in [0.2, 0.25) is 0 Å². The first-order valence-electron chi connectivity index (χ1n) is 6.63. The third-order valence-corrected chi connectivity index (χ3v) is 4.96. The summed E-state index contributed by atoms with van der Waals surface area (Å²) in [6.07, 6.45) is 4.77. The molecule has 0 aromatic heterocycles. The number of carbonyl (C=O) groups is 1. The topological polar surface area (TPSA) is 55.8 Å². The molecule has 0 amide bonds. The Morgan fingerprint density at radius 2 is 2.06 bits per heavy atom. The van der Waals surface area contributed by atoms with Crippen molar-refractivity contribution in [1.29, 1.82) is 0 Å². The number of hydrogen-bond donors (Lipinski definition) is 1. The molecule has 1 N–H and O–H groups in total. The standard InChI is InChI=1S/C13H20O4/c14-9-12-5-3-11(15)8-10(12)2-1-4-13(12)16-6-7-17-13/h10,14H,1-9H2/t10-,12+/m0/s1. The predicted molar refractivity (Wildman–Crippen MR) is 60.4 cm³/mol. The fourth-order valence-electron chi connectivity index (χ4n) is 4.06. The Morgan fingerprint density at radius 1 is 1.29 bits per heavy atom. The summed E-state index contributed by atoms with van der Waals surface area (Å²) in [5, 5.41) is 9.92. The molecule has 0 unspecified atom stereocenters. The second-order valence-electron chi connectivity index (χ2n) is 5.60. The summed E-state index contributed by atoms with van der Waals surface area (Å²) in [7, 11) is 0. The maximum atomic E-state index is 11.6. The molecule has 0 bridgehead atoms. The number of aliphatic hydroxyl groups excluding tert-OH is 1. The minimum Gasteiger partial charge on any atom is -0.396 e. The Balaban J connectivity index is 1.97. The largest absolute Gasteiger partial charge is 0.396 e. The molecule has 1 saturated heterocycles. The van der Waals surface area contributed by atoms with E-state index in [1.165, 1.54) is 0 Å². The van der Waals surface area contributed by atoms with E-state index in [-0.39, 0.29) is 17.9 Å². The van der Waals surface area contributed by atoms with Crippen molar-refractivity contribution in [2.75, 3.05) is 19.8 Å². The van der Waals surface area contributed by atoms with Crippen molar-refractivity contribution in [3.8, 4) is 0 Å². The summed E-state index contributed by atoms with van der Waals surface area (Å²) >= 11 is 0. The van der Waals surface area contributed by atoms with E-state index in [1.807, 2.05) is 0 Å². The van der Waals surface area contributed by atoms with Crippen molar-refractivity contribution < 1.29 is 19.4 Å². The van der Waals surface area contributed by atoms with Crippen LogP contribution in [0.15, 0.2) is 0 Å². The van der Waals surface area contributed by atoms with Gasteiger partial charge in [-0.2, -0.15) is 0 Å². The Kier molecular flexibility index (Phi) is 2.76. The Morgan fingerprint density at radius 3 is 2.76 bits per heavy atom. The van der Waals surface area contributed by atoms with E-state index in [0.717, 1.165) is 19.3 Å². The number of rotatable bonds is 1. The molecule has 17 heavy (non-hydrogen) atoms.